The average molecular weight is 627 g/mol. The van der Waals surface area contributed by atoms with Gasteiger partial charge in [-0.1, -0.05) is 0 Å². The molecule has 4 aliphatic rings. The van der Waals surface area contributed by atoms with Gasteiger partial charge in [0, 0.05) is 61.8 Å². The zero-order chi connectivity index (χ0) is 31.7. The van der Waals surface area contributed by atoms with E-state index in [9.17, 15) is 14.7 Å². The highest BCUT2D eigenvalue weighted by Gasteiger charge is 2.37. The maximum Gasteiger partial charge on any atom is 0.255 e. The SMILES string of the molecule is Cc1c(-c2cc3cc(F)cc(C4CCN(C(=O)C5CC(O)C5)CC4)c3n2CC2CC2)nn2cc(C(=O)N3CCCC(N)C3)ccc12. The molecule has 2 aliphatic heterocycles. The third kappa shape index (κ3) is 5.29. The number of aromatic nitrogens is 3. The third-order valence-corrected chi connectivity index (χ3v) is 10.9. The number of likely N-dealkylation sites (tertiary alicyclic amines) is 2. The quantitative estimate of drug-likeness (QED) is 0.318. The van der Waals surface area contributed by atoms with E-state index in [1.165, 1.54) is 12.8 Å². The Bertz CT molecular complexity index is 1830. The Morgan fingerprint density at radius 2 is 1.80 bits per heavy atom. The summed E-state index contributed by atoms with van der Waals surface area (Å²) >= 11 is 0. The molecular weight excluding hydrogens is 583 g/mol. The molecule has 0 spiro atoms. The van der Waals surface area contributed by atoms with Gasteiger partial charge in [-0.25, -0.2) is 8.91 Å². The lowest BCUT2D eigenvalue weighted by Gasteiger charge is -2.38. The van der Waals surface area contributed by atoms with Crippen molar-refractivity contribution in [3.63, 3.8) is 0 Å². The molecule has 1 atom stereocenters. The Morgan fingerprint density at radius 3 is 2.52 bits per heavy atom. The first-order valence-corrected chi connectivity index (χ1v) is 17.1. The van der Waals surface area contributed by atoms with E-state index in [1.807, 2.05) is 32.6 Å². The fourth-order valence-corrected chi connectivity index (χ4v) is 8.04. The fraction of sp³-hybridized carbons (Fsp3) is 0.528. The summed E-state index contributed by atoms with van der Waals surface area (Å²) in [6.07, 6.45) is 8.40. The summed E-state index contributed by atoms with van der Waals surface area (Å²) in [7, 11) is 0. The van der Waals surface area contributed by atoms with Crippen LogP contribution in [0.5, 0.6) is 0 Å². The fourth-order valence-electron chi connectivity index (χ4n) is 8.04. The number of piperidine rings is 2. The number of benzene rings is 1. The zero-order valence-corrected chi connectivity index (χ0v) is 26.5. The molecule has 2 saturated carbocycles. The molecule has 0 bridgehead atoms. The summed E-state index contributed by atoms with van der Waals surface area (Å²) in [6, 6.07) is 9.30. The minimum absolute atomic E-state index is 0.0143. The van der Waals surface area contributed by atoms with Crippen molar-refractivity contribution in [1.82, 2.24) is 24.0 Å². The Kier molecular flexibility index (Phi) is 7.40. The van der Waals surface area contributed by atoms with Gasteiger partial charge < -0.3 is 25.2 Å². The maximum absolute atomic E-state index is 15.3. The summed E-state index contributed by atoms with van der Waals surface area (Å²) < 4.78 is 19.4. The summed E-state index contributed by atoms with van der Waals surface area (Å²) in [5.41, 5.74) is 12.6. The van der Waals surface area contributed by atoms with Gasteiger partial charge in [0.2, 0.25) is 5.91 Å². The Labute approximate surface area is 268 Å². The third-order valence-electron chi connectivity index (χ3n) is 10.9. The van der Waals surface area contributed by atoms with Crippen molar-refractivity contribution >= 4 is 28.2 Å². The molecule has 1 unspecified atom stereocenters. The minimum Gasteiger partial charge on any atom is -0.393 e. The van der Waals surface area contributed by atoms with Crippen molar-refractivity contribution < 1.29 is 19.1 Å². The molecule has 5 heterocycles. The number of amides is 2. The maximum atomic E-state index is 15.3. The number of hydrogen-bond donors (Lipinski definition) is 2. The Balaban J connectivity index is 1.14. The molecule has 8 rings (SSSR count). The number of halogens is 1. The summed E-state index contributed by atoms with van der Waals surface area (Å²) in [5.74, 6) is 0.561. The van der Waals surface area contributed by atoms with Crippen LogP contribution in [0, 0.1) is 24.6 Å². The normalized spacial score (nSPS) is 24.1. The second-order valence-corrected chi connectivity index (χ2v) is 14.3. The van der Waals surface area contributed by atoms with Gasteiger partial charge in [-0.15, -0.1) is 0 Å². The first-order valence-electron chi connectivity index (χ1n) is 17.1. The van der Waals surface area contributed by atoms with Crippen molar-refractivity contribution in [2.75, 3.05) is 26.2 Å². The molecule has 4 aromatic rings. The molecule has 2 saturated heterocycles. The number of fused-ring (bicyclic) bond motifs is 2. The van der Waals surface area contributed by atoms with Crippen molar-refractivity contribution in [3.05, 3.63) is 59.0 Å². The second kappa shape index (κ2) is 11.5. The molecule has 9 nitrogen and oxygen atoms in total. The van der Waals surface area contributed by atoms with Crippen LogP contribution < -0.4 is 5.73 Å². The van der Waals surface area contributed by atoms with E-state index in [0.29, 0.717) is 50.5 Å². The predicted octanol–water partition coefficient (Wildman–Crippen LogP) is 4.85. The summed E-state index contributed by atoms with van der Waals surface area (Å²) in [6.45, 7) is 5.51. The largest absolute Gasteiger partial charge is 0.393 e. The monoisotopic (exact) mass is 626 g/mol. The minimum atomic E-state index is -0.347. The number of aliphatic hydroxyl groups excluding tert-OH is 1. The number of nitrogens with zero attached hydrogens (tertiary/aromatic N) is 5. The van der Waals surface area contributed by atoms with Crippen LogP contribution in [0.2, 0.25) is 0 Å². The molecule has 4 fully saturated rings. The molecule has 0 radical (unpaired) electrons. The van der Waals surface area contributed by atoms with E-state index in [0.717, 1.165) is 71.2 Å². The van der Waals surface area contributed by atoms with Gasteiger partial charge in [0.15, 0.2) is 0 Å². The van der Waals surface area contributed by atoms with E-state index in [-0.39, 0.29) is 41.6 Å². The lowest BCUT2D eigenvalue weighted by atomic mass is 9.80. The molecule has 242 valence electrons. The van der Waals surface area contributed by atoms with Crippen LogP contribution in [0.3, 0.4) is 0 Å². The number of pyridine rings is 1. The van der Waals surface area contributed by atoms with E-state index in [2.05, 4.69) is 17.6 Å². The molecule has 1 aromatic carbocycles. The predicted molar refractivity (Wildman–Crippen MR) is 174 cm³/mol. The molecule has 3 aromatic heterocycles. The van der Waals surface area contributed by atoms with Crippen LogP contribution in [-0.4, -0.2) is 79.2 Å². The van der Waals surface area contributed by atoms with Crippen LogP contribution in [-0.2, 0) is 11.3 Å². The van der Waals surface area contributed by atoms with Gasteiger partial charge >= 0.3 is 0 Å². The number of nitrogens with two attached hydrogens (primary N) is 1. The number of carbonyl (C=O) groups excluding carboxylic acids is 2. The number of hydrogen-bond acceptors (Lipinski definition) is 5. The average Bonchev–Trinajstić information content (AvgIpc) is 3.71. The number of rotatable bonds is 6. The van der Waals surface area contributed by atoms with Crippen molar-refractivity contribution in [3.8, 4) is 11.4 Å². The van der Waals surface area contributed by atoms with Gasteiger partial charge in [0.1, 0.15) is 11.5 Å². The lowest BCUT2D eigenvalue weighted by Crippen LogP contribution is -2.46. The van der Waals surface area contributed by atoms with Gasteiger partial charge in [-0.2, -0.15) is 5.10 Å². The van der Waals surface area contributed by atoms with Crippen molar-refractivity contribution in [2.45, 2.75) is 82.9 Å². The number of carbonyl (C=O) groups is 2. The molecule has 3 N–H and O–H groups in total. The molecule has 2 aliphatic carbocycles. The topological polar surface area (TPSA) is 109 Å². The summed E-state index contributed by atoms with van der Waals surface area (Å²) in [5, 5.41) is 15.6. The number of aliphatic hydroxyl groups is 1. The van der Waals surface area contributed by atoms with Crippen LogP contribution in [0.1, 0.15) is 78.8 Å². The van der Waals surface area contributed by atoms with Gasteiger partial charge in [-0.05, 0) is 106 Å². The molecule has 2 amide bonds. The highest BCUT2D eigenvalue weighted by Crippen LogP contribution is 2.42. The van der Waals surface area contributed by atoms with Crippen LogP contribution in [0.15, 0.2) is 36.5 Å². The van der Waals surface area contributed by atoms with Crippen LogP contribution in [0.25, 0.3) is 27.8 Å². The summed E-state index contributed by atoms with van der Waals surface area (Å²) in [4.78, 5) is 30.1. The highest BCUT2D eigenvalue weighted by atomic mass is 19.1. The van der Waals surface area contributed by atoms with Gasteiger partial charge in [0.25, 0.3) is 5.91 Å². The standard InChI is InChI=1S/C36H43FN6O3/c1-21-31-7-6-24(35(45)41-10-2-3-28(38)20-41)19-43(31)39-33(21)32-16-25-13-27(37)17-30(34(25)42(32)18-22-4-5-22)23-8-11-40(12-9-23)36(46)26-14-29(44)15-26/h6-7,13,16-17,19,22-23,26,28-29,44H,2-5,8-12,14-15,18,20,38H2,1H3. The second-order valence-electron chi connectivity index (χ2n) is 14.3. The van der Waals surface area contributed by atoms with Crippen molar-refractivity contribution in [2.24, 2.45) is 17.6 Å². The van der Waals surface area contributed by atoms with Crippen LogP contribution in [0.4, 0.5) is 4.39 Å². The first kappa shape index (κ1) is 29.6. The molecular formula is C36H43FN6O3. The Morgan fingerprint density at radius 1 is 1.02 bits per heavy atom. The van der Waals surface area contributed by atoms with E-state index in [4.69, 9.17) is 10.8 Å². The van der Waals surface area contributed by atoms with Gasteiger partial charge in [-0.3, -0.25) is 9.59 Å². The smallest absolute Gasteiger partial charge is 0.255 e. The highest BCUT2D eigenvalue weighted by molar-refractivity contribution is 5.95. The lowest BCUT2D eigenvalue weighted by molar-refractivity contribution is -0.143. The number of aryl methyl sites for hydroxylation is 1. The van der Waals surface area contributed by atoms with Gasteiger partial charge in [0.05, 0.1) is 28.4 Å². The zero-order valence-electron chi connectivity index (χ0n) is 26.5. The Hall–Kier alpha value is -3.76. The van der Waals surface area contributed by atoms with E-state index < -0.39 is 0 Å². The molecule has 46 heavy (non-hydrogen) atoms. The van der Waals surface area contributed by atoms with Crippen LogP contribution >= 0.6 is 0 Å². The van der Waals surface area contributed by atoms with E-state index in [1.54, 1.807) is 12.1 Å². The first-order chi connectivity index (χ1) is 22.2. The molecule has 10 heteroatoms. The van der Waals surface area contributed by atoms with E-state index >= 15 is 4.39 Å². The van der Waals surface area contributed by atoms with Crippen molar-refractivity contribution in [1.29, 1.82) is 0 Å².